The Balaban J connectivity index is 1.82. The van der Waals surface area contributed by atoms with Crippen molar-refractivity contribution in [2.45, 2.75) is 46.6 Å². The molecule has 1 saturated heterocycles. The Labute approximate surface area is 142 Å². The highest BCUT2D eigenvalue weighted by atomic mass is 16.5. The number of carbonyl (C=O) groups is 1. The number of aryl methyl sites for hydroxylation is 4. The zero-order valence-electron chi connectivity index (χ0n) is 15.2. The smallest absolute Gasteiger partial charge is 0.223 e. The van der Waals surface area contributed by atoms with Crippen LogP contribution in [0.5, 0.6) is 0 Å². The third kappa shape index (κ3) is 2.90. The number of carbonyl (C=O) groups excluding carboxylic acids is 1. The van der Waals surface area contributed by atoms with Crippen molar-refractivity contribution < 1.29 is 9.53 Å². The van der Waals surface area contributed by atoms with Gasteiger partial charge in [-0.2, -0.15) is 5.10 Å². The predicted octanol–water partition coefficient (Wildman–Crippen LogP) is 2.07. The van der Waals surface area contributed by atoms with Gasteiger partial charge in [-0.05, 0) is 45.2 Å². The van der Waals surface area contributed by atoms with E-state index in [9.17, 15) is 4.79 Å². The van der Waals surface area contributed by atoms with E-state index in [0.29, 0.717) is 26.2 Å². The molecule has 0 N–H and O–H groups in total. The van der Waals surface area contributed by atoms with Gasteiger partial charge in [-0.1, -0.05) is 0 Å². The number of hydrogen-bond donors (Lipinski definition) is 0. The summed E-state index contributed by atoms with van der Waals surface area (Å²) in [6.07, 6.45) is 1.23. The minimum atomic E-state index is 0.162. The van der Waals surface area contributed by atoms with E-state index in [1.165, 1.54) is 11.1 Å². The van der Waals surface area contributed by atoms with Gasteiger partial charge in [-0.3, -0.25) is 9.48 Å². The minimum absolute atomic E-state index is 0.162. The van der Waals surface area contributed by atoms with Gasteiger partial charge < -0.3 is 9.64 Å². The van der Waals surface area contributed by atoms with E-state index in [2.05, 4.69) is 12.0 Å². The Morgan fingerprint density at radius 3 is 2.75 bits per heavy atom. The second-order valence-electron chi connectivity index (χ2n) is 6.72. The first-order valence-corrected chi connectivity index (χ1v) is 8.56. The van der Waals surface area contributed by atoms with Crippen LogP contribution in [0.3, 0.4) is 0 Å². The van der Waals surface area contributed by atoms with Crippen molar-refractivity contribution >= 4 is 16.9 Å². The first-order chi connectivity index (χ1) is 11.4. The molecule has 1 aliphatic rings. The van der Waals surface area contributed by atoms with Crippen molar-refractivity contribution in [3.8, 4) is 0 Å². The highest BCUT2D eigenvalue weighted by Crippen LogP contribution is 2.26. The lowest BCUT2D eigenvalue weighted by molar-refractivity contribution is -0.139. The molecule has 1 atom stereocenters. The predicted molar refractivity (Wildman–Crippen MR) is 93.0 cm³/mol. The van der Waals surface area contributed by atoms with Gasteiger partial charge in [0.2, 0.25) is 5.91 Å². The van der Waals surface area contributed by atoms with Gasteiger partial charge in [0.05, 0.1) is 24.9 Å². The molecular formula is C18H26N4O2. The van der Waals surface area contributed by atoms with E-state index in [-0.39, 0.29) is 11.9 Å². The van der Waals surface area contributed by atoms with Crippen LogP contribution in [0, 0.1) is 20.8 Å². The molecule has 0 spiro atoms. The molecule has 3 rings (SSSR count). The third-order valence-corrected chi connectivity index (χ3v) is 5.01. The molecule has 1 aliphatic heterocycles. The standard InChI is InChI=1S/C18H26N4O2/c1-11-10-24-9-8-22(11)16(23)7-6-15-12(2)17-14(4)20-21(5)18(17)19-13(15)3/h11H,6-10H2,1-5H3/t11-/m1/s1. The summed E-state index contributed by atoms with van der Waals surface area (Å²) < 4.78 is 7.24. The topological polar surface area (TPSA) is 60.2 Å². The maximum atomic E-state index is 12.6. The monoisotopic (exact) mass is 330 g/mol. The molecule has 2 aromatic rings. The lowest BCUT2D eigenvalue weighted by Crippen LogP contribution is -2.47. The number of fused-ring (bicyclic) bond motifs is 1. The van der Waals surface area contributed by atoms with Crippen LogP contribution in [-0.4, -0.2) is 51.4 Å². The van der Waals surface area contributed by atoms with Crippen LogP contribution in [0.4, 0.5) is 0 Å². The number of nitrogens with zero attached hydrogens (tertiary/aromatic N) is 4. The molecule has 0 radical (unpaired) electrons. The Hall–Kier alpha value is -1.95. The highest BCUT2D eigenvalue weighted by molar-refractivity contribution is 5.84. The van der Waals surface area contributed by atoms with E-state index in [1.54, 1.807) is 0 Å². The summed E-state index contributed by atoms with van der Waals surface area (Å²) in [7, 11) is 1.92. The van der Waals surface area contributed by atoms with Crippen LogP contribution in [0.1, 0.15) is 35.9 Å². The molecule has 0 aromatic carbocycles. The van der Waals surface area contributed by atoms with E-state index in [4.69, 9.17) is 9.72 Å². The summed E-state index contributed by atoms with van der Waals surface area (Å²) in [6.45, 7) is 10.1. The van der Waals surface area contributed by atoms with Crippen molar-refractivity contribution in [3.63, 3.8) is 0 Å². The average Bonchev–Trinajstić information content (AvgIpc) is 2.81. The van der Waals surface area contributed by atoms with Crippen molar-refractivity contribution in [2.75, 3.05) is 19.8 Å². The molecule has 1 fully saturated rings. The molecule has 6 nitrogen and oxygen atoms in total. The van der Waals surface area contributed by atoms with Gasteiger partial charge in [0, 0.05) is 31.1 Å². The molecule has 0 bridgehead atoms. The quantitative estimate of drug-likeness (QED) is 0.864. The summed E-state index contributed by atoms with van der Waals surface area (Å²) in [5, 5.41) is 5.59. The molecule has 2 aromatic heterocycles. The molecule has 6 heteroatoms. The maximum absolute atomic E-state index is 12.6. The molecule has 3 heterocycles. The van der Waals surface area contributed by atoms with Crippen LogP contribution < -0.4 is 0 Å². The van der Waals surface area contributed by atoms with Crippen LogP contribution in [0.2, 0.25) is 0 Å². The van der Waals surface area contributed by atoms with Crippen molar-refractivity contribution in [1.29, 1.82) is 0 Å². The first-order valence-electron chi connectivity index (χ1n) is 8.56. The largest absolute Gasteiger partial charge is 0.377 e. The lowest BCUT2D eigenvalue weighted by Gasteiger charge is -2.33. The van der Waals surface area contributed by atoms with Crippen LogP contribution in [-0.2, 0) is 23.0 Å². The SMILES string of the molecule is Cc1nc2c(c(C)nn2C)c(C)c1CCC(=O)N1CCOC[C@H]1C. The summed E-state index contributed by atoms with van der Waals surface area (Å²) in [5.41, 5.74) is 5.27. The Bertz CT molecular complexity index is 781. The van der Waals surface area contributed by atoms with Gasteiger partial charge >= 0.3 is 0 Å². The molecule has 0 saturated carbocycles. The molecule has 0 aliphatic carbocycles. The van der Waals surface area contributed by atoms with Crippen molar-refractivity contribution in [3.05, 3.63) is 22.5 Å². The number of rotatable bonds is 3. The van der Waals surface area contributed by atoms with E-state index < -0.39 is 0 Å². The summed E-state index contributed by atoms with van der Waals surface area (Å²) in [6, 6.07) is 0.162. The summed E-state index contributed by atoms with van der Waals surface area (Å²) in [5.74, 6) is 0.201. The Morgan fingerprint density at radius 1 is 1.29 bits per heavy atom. The average molecular weight is 330 g/mol. The van der Waals surface area contributed by atoms with Crippen molar-refractivity contribution in [2.24, 2.45) is 7.05 Å². The number of aromatic nitrogens is 3. The normalized spacial score (nSPS) is 18.4. The van der Waals surface area contributed by atoms with Gasteiger partial charge in [-0.25, -0.2) is 4.98 Å². The molecular weight excluding hydrogens is 304 g/mol. The molecule has 24 heavy (non-hydrogen) atoms. The number of hydrogen-bond acceptors (Lipinski definition) is 4. The summed E-state index contributed by atoms with van der Waals surface area (Å²) in [4.78, 5) is 19.2. The molecule has 0 unspecified atom stereocenters. The first kappa shape index (κ1) is 16.9. The number of ether oxygens (including phenoxy) is 1. The zero-order chi connectivity index (χ0) is 17.4. The fourth-order valence-corrected chi connectivity index (χ4v) is 3.70. The van der Waals surface area contributed by atoms with Crippen LogP contribution in [0.15, 0.2) is 0 Å². The molecule has 130 valence electrons. The van der Waals surface area contributed by atoms with Gasteiger partial charge in [0.25, 0.3) is 0 Å². The fourth-order valence-electron chi connectivity index (χ4n) is 3.70. The van der Waals surface area contributed by atoms with Gasteiger partial charge in [0.1, 0.15) is 0 Å². The highest BCUT2D eigenvalue weighted by Gasteiger charge is 2.24. The maximum Gasteiger partial charge on any atom is 0.223 e. The second-order valence-corrected chi connectivity index (χ2v) is 6.72. The Kier molecular flexibility index (Phi) is 4.58. The van der Waals surface area contributed by atoms with E-state index in [1.807, 2.05) is 37.4 Å². The second kappa shape index (κ2) is 6.51. The van der Waals surface area contributed by atoms with Crippen LogP contribution >= 0.6 is 0 Å². The number of morpholine rings is 1. The molecule has 1 amide bonds. The lowest BCUT2D eigenvalue weighted by atomic mass is 9.99. The minimum Gasteiger partial charge on any atom is -0.377 e. The fraction of sp³-hybridized carbons (Fsp3) is 0.611. The van der Waals surface area contributed by atoms with Gasteiger partial charge in [0.15, 0.2) is 5.65 Å². The van der Waals surface area contributed by atoms with Crippen molar-refractivity contribution in [1.82, 2.24) is 19.7 Å². The number of pyridine rings is 1. The van der Waals surface area contributed by atoms with Gasteiger partial charge in [-0.15, -0.1) is 0 Å². The zero-order valence-corrected chi connectivity index (χ0v) is 15.2. The number of amides is 1. The van der Waals surface area contributed by atoms with E-state index >= 15 is 0 Å². The van der Waals surface area contributed by atoms with Crippen LogP contribution in [0.25, 0.3) is 11.0 Å². The third-order valence-electron chi connectivity index (χ3n) is 5.01. The Morgan fingerprint density at radius 2 is 2.04 bits per heavy atom. The van der Waals surface area contributed by atoms with E-state index in [0.717, 1.165) is 28.8 Å². The summed E-state index contributed by atoms with van der Waals surface area (Å²) >= 11 is 0.